The highest BCUT2D eigenvalue weighted by Gasteiger charge is 2.04. The van der Waals surface area contributed by atoms with Crippen LogP contribution in [0, 0.1) is 13.8 Å². The Labute approximate surface area is 125 Å². The maximum absolute atomic E-state index is 11.2. The molecule has 2 aromatic carbocycles. The number of carbonyl (C=O) groups is 1. The van der Waals surface area contributed by atoms with E-state index in [-0.39, 0.29) is 12.6 Å². The number of rotatable bonds is 5. The molecule has 0 aliphatic carbocycles. The molecule has 3 nitrogen and oxygen atoms in total. The first-order valence-corrected chi connectivity index (χ1v) is 7.05. The summed E-state index contributed by atoms with van der Waals surface area (Å²) in [6, 6.07) is 14.2. The third kappa shape index (κ3) is 4.35. The molecular formula is C18H20O3. The molecule has 0 heterocycles. The molecule has 2 aromatic rings. The Hall–Kier alpha value is -2.29. The van der Waals surface area contributed by atoms with Crippen LogP contribution in [0.15, 0.2) is 42.5 Å². The molecule has 0 amide bonds. The maximum Gasteiger partial charge on any atom is 0.344 e. The van der Waals surface area contributed by atoms with E-state index < -0.39 is 0 Å². The average molecular weight is 284 g/mol. The van der Waals surface area contributed by atoms with Crippen molar-refractivity contribution in [2.75, 3.05) is 13.2 Å². The van der Waals surface area contributed by atoms with Crippen LogP contribution < -0.4 is 4.74 Å². The number of hydrogen-bond donors (Lipinski definition) is 0. The van der Waals surface area contributed by atoms with Crippen molar-refractivity contribution in [1.82, 2.24) is 0 Å². The zero-order chi connectivity index (χ0) is 15.2. The molecule has 0 aliphatic heterocycles. The first-order valence-electron chi connectivity index (χ1n) is 7.05. The smallest absolute Gasteiger partial charge is 0.344 e. The summed E-state index contributed by atoms with van der Waals surface area (Å²) in [5.74, 6) is 0.312. The zero-order valence-electron chi connectivity index (χ0n) is 12.7. The summed E-state index contributed by atoms with van der Waals surface area (Å²) in [7, 11) is 0. The minimum atomic E-state index is -0.351. The molecule has 0 saturated heterocycles. The van der Waals surface area contributed by atoms with Crippen LogP contribution in [0.2, 0.25) is 0 Å². The molecule has 3 heteroatoms. The fourth-order valence-electron chi connectivity index (χ4n) is 2.23. The molecule has 21 heavy (non-hydrogen) atoms. The van der Waals surface area contributed by atoms with E-state index in [1.54, 1.807) is 6.92 Å². The summed E-state index contributed by atoms with van der Waals surface area (Å²) in [5, 5.41) is 0. The molecular weight excluding hydrogens is 264 g/mol. The van der Waals surface area contributed by atoms with Gasteiger partial charge in [-0.15, -0.1) is 0 Å². The number of benzene rings is 2. The fraction of sp³-hybridized carbons (Fsp3) is 0.278. The zero-order valence-corrected chi connectivity index (χ0v) is 12.7. The van der Waals surface area contributed by atoms with Crippen molar-refractivity contribution >= 4 is 5.97 Å². The second-order valence-electron chi connectivity index (χ2n) is 4.99. The molecule has 0 fully saturated rings. The number of esters is 1. The van der Waals surface area contributed by atoms with E-state index in [1.165, 1.54) is 16.7 Å². The number of ether oxygens (including phenoxy) is 2. The number of aryl methyl sites for hydroxylation is 2. The van der Waals surface area contributed by atoms with Crippen molar-refractivity contribution in [3.63, 3.8) is 0 Å². The van der Waals surface area contributed by atoms with Crippen molar-refractivity contribution in [2.45, 2.75) is 20.8 Å². The Bertz CT molecular complexity index is 595. The predicted molar refractivity (Wildman–Crippen MR) is 83.5 cm³/mol. The van der Waals surface area contributed by atoms with Gasteiger partial charge in [-0.05, 0) is 44.0 Å². The van der Waals surface area contributed by atoms with Crippen molar-refractivity contribution in [3.8, 4) is 16.9 Å². The lowest BCUT2D eigenvalue weighted by molar-refractivity contribution is -0.145. The van der Waals surface area contributed by atoms with E-state index >= 15 is 0 Å². The van der Waals surface area contributed by atoms with Crippen LogP contribution in [0.5, 0.6) is 5.75 Å². The lowest BCUT2D eigenvalue weighted by Crippen LogP contribution is -2.14. The van der Waals surface area contributed by atoms with Gasteiger partial charge in [0.1, 0.15) is 5.75 Å². The van der Waals surface area contributed by atoms with E-state index in [0.29, 0.717) is 12.4 Å². The minimum absolute atomic E-state index is 0.0588. The van der Waals surface area contributed by atoms with Gasteiger partial charge in [-0.25, -0.2) is 4.79 Å². The van der Waals surface area contributed by atoms with E-state index in [1.807, 2.05) is 24.3 Å². The van der Waals surface area contributed by atoms with Gasteiger partial charge in [0.2, 0.25) is 0 Å². The molecule has 0 unspecified atom stereocenters. The summed E-state index contributed by atoms with van der Waals surface area (Å²) >= 11 is 0. The second-order valence-corrected chi connectivity index (χ2v) is 4.99. The Morgan fingerprint density at radius 3 is 2.14 bits per heavy atom. The summed E-state index contributed by atoms with van der Waals surface area (Å²) in [5.41, 5.74) is 4.80. The molecule has 0 saturated carbocycles. The molecule has 2 rings (SSSR count). The van der Waals surface area contributed by atoms with Crippen LogP contribution in [0.25, 0.3) is 11.1 Å². The third-order valence-corrected chi connectivity index (χ3v) is 3.07. The first-order chi connectivity index (χ1) is 10.1. The normalized spacial score (nSPS) is 10.2. The van der Waals surface area contributed by atoms with Crippen molar-refractivity contribution < 1.29 is 14.3 Å². The van der Waals surface area contributed by atoms with Crippen LogP contribution in [-0.4, -0.2) is 19.2 Å². The summed E-state index contributed by atoms with van der Waals surface area (Å²) in [6.45, 7) is 6.27. The van der Waals surface area contributed by atoms with Crippen LogP contribution >= 0.6 is 0 Å². The van der Waals surface area contributed by atoms with Gasteiger partial charge >= 0.3 is 5.97 Å². The van der Waals surface area contributed by atoms with Gasteiger partial charge in [0, 0.05) is 0 Å². The summed E-state index contributed by atoms with van der Waals surface area (Å²) in [6.07, 6.45) is 0. The Kier molecular flexibility index (Phi) is 4.99. The van der Waals surface area contributed by atoms with E-state index in [4.69, 9.17) is 9.47 Å². The average Bonchev–Trinajstić information content (AvgIpc) is 2.45. The molecule has 0 aromatic heterocycles. The highest BCUT2D eigenvalue weighted by atomic mass is 16.6. The topological polar surface area (TPSA) is 35.5 Å². The monoisotopic (exact) mass is 284 g/mol. The van der Waals surface area contributed by atoms with E-state index in [9.17, 15) is 4.79 Å². The molecule has 0 aliphatic rings. The lowest BCUT2D eigenvalue weighted by Gasteiger charge is -2.08. The second kappa shape index (κ2) is 6.93. The van der Waals surface area contributed by atoms with Gasteiger partial charge in [0.05, 0.1) is 6.61 Å². The minimum Gasteiger partial charge on any atom is -0.482 e. The molecule has 0 bridgehead atoms. The van der Waals surface area contributed by atoms with Gasteiger partial charge in [0.25, 0.3) is 0 Å². The van der Waals surface area contributed by atoms with Gasteiger partial charge in [-0.2, -0.15) is 0 Å². The lowest BCUT2D eigenvalue weighted by atomic mass is 10.0. The standard InChI is InChI=1S/C18H20O3/c1-4-20-18(19)12-21-17-7-5-15(6-8-17)16-10-13(2)9-14(3)11-16/h5-11H,4,12H2,1-3H3. The highest BCUT2D eigenvalue weighted by Crippen LogP contribution is 2.24. The number of hydrogen-bond acceptors (Lipinski definition) is 3. The molecule has 0 spiro atoms. The summed E-state index contributed by atoms with van der Waals surface area (Å²) in [4.78, 5) is 11.2. The molecule has 110 valence electrons. The number of carbonyl (C=O) groups excluding carboxylic acids is 1. The van der Waals surface area contributed by atoms with Crippen LogP contribution in [0.4, 0.5) is 0 Å². The van der Waals surface area contributed by atoms with Crippen molar-refractivity contribution in [2.24, 2.45) is 0 Å². The fourth-order valence-corrected chi connectivity index (χ4v) is 2.23. The molecule has 0 radical (unpaired) electrons. The van der Waals surface area contributed by atoms with Crippen molar-refractivity contribution in [3.05, 3.63) is 53.6 Å². The quantitative estimate of drug-likeness (QED) is 0.781. The van der Waals surface area contributed by atoms with Crippen molar-refractivity contribution in [1.29, 1.82) is 0 Å². The van der Waals surface area contributed by atoms with Crippen LogP contribution in [0.1, 0.15) is 18.1 Å². The molecule has 0 atom stereocenters. The van der Waals surface area contributed by atoms with Crippen LogP contribution in [-0.2, 0) is 9.53 Å². The maximum atomic E-state index is 11.2. The highest BCUT2D eigenvalue weighted by molar-refractivity contribution is 5.71. The Morgan fingerprint density at radius 2 is 1.57 bits per heavy atom. The largest absolute Gasteiger partial charge is 0.482 e. The summed E-state index contributed by atoms with van der Waals surface area (Å²) < 4.78 is 10.2. The van der Waals surface area contributed by atoms with E-state index in [2.05, 4.69) is 32.0 Å². The third-order valence-electron chi connectivity index (χ3n) is 3.07. The Balaban J connectivity index is 2.06. The molecule has 0 N–H and O–H groups in total. The van der Waals surface area contributed by atoms with Gasteiger partial charge in [-0.3, -0.25) is 0 Å². The predicted octanol–water partition coefficient (Wildman–Crippen LogP) is 3.91. The van der Waals surface area contributed by atoms with Gasteiger partial charge in [0.15, 0.2) is 6.61 Å². The van der Waals surface area contributed by atoms with Crippen LogP contribution in [0.3, 0.4) is 0 Å². The first kappa shape index (κ1) is 15.1. The van der Waals surface area contributed by atoms with Gasteiger partial charge in [-0.1, -0.05) is 41.5 Å². The van der Waals surface area contributed by atoms with Gasteiger partial charge < -0.3 is 9.47 Å². The van der Waals surface area contributed by atoms with E-state index in [0.717, 1.165) is 5.56 Å². The SMILES string of the molecule is CCOC(=O)COc1ccc(-c2cc(C)cc(C)c2)cc1. The Morgan fingerprint density at radius 1 is 0.952 bits per heavy atom.